The molecule has 5 heteroatoms. The fourth-order valence-corrected chi connectivity index (χ4v) is 1.33. The van der Waals surface area contributed by atoms with Gasteiger partial charge in [-0.3, -0.25) is 4.98 Å². The molecule has 0 aliphatic heterocycles. The molecule has 0 aliphatic rings. The largest absolute Gasteiger partial charge is 0.307 e. The van der Waals surface area contributed by atoms with E-state index in [0.29, 0.717) is 11.4 Å². The van der Waals surface area contributed by atoms with Gasteiger partial charge >= 0.3 is 0 Å². The van der Waals surface area contributed by atoms with Gasteiger partial charge in [0, 0.05) is 18.0 Å². The van der Waals surface area contributed by atoms with Crippen molar-refractivity contribution in [3.63, 3.8) is 0 Å². The molecule has 2 aromatic heterocycles. The summed E-state index contributed by atoms with van der Waals surface area (Å²) in [4.78, 5) is 8.24. The minimum atomic E-state index is 0.365. The molecule has 0 aromatic carbocycles. The van der Waals surface area contributed by atoms with Crippen molar-refractivity contribution < 1.29 is 0 Å². The van der Waals surface area contributed by atoms with Crippen molar-refractivity contribution >= 4 is 5.82 Å². The number of nitrogens with zero attached hydrogens (tertiary/aromatic N) is 3. The molecule has 0 bridgehead atoms. The van der Waals surface area contributed by atoms with Crippen LogP contribution in [-0.4, -0.2) is 9.97 Å². The summed E-state index contributed by atoms with van der Waals surface area (Å²) in [5.41, 5.74) is 4.42. The number of aromatic nitrogens is 2. The minimum absolute atomic E-state index is 0.365. The van der Waals surface area contributed by atoms with Crippen LogP contribution in [0.5, 0.6) is 0 Å². The van der Waals surface area contributed by atoms with Crippen LogP contribution < -0.4 is 11.3 Å². The van der Waals surface area contributed by atoms with Gasteiger partial charge in [-0.25, -0.2) is 10.8 Å². The lowest BCUT2D eigenvalue weighted by atomic mass is 10.1. The number of nitriles is 1. The Morgan fingerprint density at radius 3 is 2.81 bits per heavy atom. The zero-order chi connectivity index (χ0) is 11.4. The third kappa shape index (κ3) is 1.82. The maximum absolute atomic E-state index is 8.81. The van der Waals surface area contributed by atoms with E-state index in [1.54, 1.807) is 24.5 Å². The van der Waals surface area contributed by atoms with E-state index in [1.807, 2.05) is 18.2 Å². The van der Waals surface area contributed by atoms with Crippen LogP contribution in [0.2, 0.25) is 0 Å². The maximum atomic E-state index is 8.81. The molecule has 78 valence electrons. The summed E-state index contributed by atoms with van der Waals surface area (Å²) >= 11 is 0. The molecule has 0 unspecified atom stereocenters. The minimum Gasteiger partial charge on any atom is -0.307 e. The third-order valence-electron chi connectivity index (χ3n) is 2.11. The second-order valence-electron chi connectivity index (χ2n) is 3.09. The first-order valence-corrected chi connectivity index (χ1v) is 4.63. The molecule has 0 fully saturated rings. The Morgan fingerprint density at radius 2 is 2.19 bits per heavy atom. The highest BCUT2D eigenvalue weighted by molar-refractivity contribution is 5.63. The highest BCUT2D eigenvalue weighted by Gasteiger charge is 2.05. The Balaban J connectivity index is 2.49. The monoisotopic (exact) mass is 211 g/mol. The zero-order valence-corrected chi connectivity index (χ0v) is 8.38. The van der Waals surface area contributed by atoms with Crippen molar-refractivity contribution in [2.24, 2.45) is 5.84 Å². The van der Waals surface area contributed by atoms with Crippen LogP contribution in [0.3, 0.4) is 0 Å². The summed E-state index contributed by atoms with van der Waals surface area (Å²) in [6, 6.07) is 9.15. The number of rotatable bonds is 2. The molecular formula is C11H9N5. The van der Waals surface area contributed by atoms with Gasteiger partial charge in [-0.2, -0.15) is 5.26 Å². The lowest BCUT2D eigenvalue weighted by Crippen LogP contribution is -2.10. The van der Waals surface area contributed by atoms with Gasteiger partial charge in [0.05, 0.1) is 11.3 Å². The highest BCUT2D eigenvalue weighted by Crippen LogP contribution is 2.19. The van der Waals surface area contributed by atoms with Crippen molar-refractivity contribution in [3.8, 4) is 17.3 Å². The molecule has 0 atom stereocenters. The van der Waals surface area contributed by atoms with E-state index in [-0.39, 0.29) is 0 Å². The number of hydrogen-bond acceptors (Lipinski definition) is 5. The summed E-state index contributed by atoms with van der Waals surface area (Å²) in [6.07, 6.45) is 3.39. The zero-order valence-electron chi connectivity index (χ0n) is 8.38. The molecule has 0 radical (unpaired) electrons. The first-order valence-electron chi connectivity index (χ1n) is 4.63. The molecule has 5 nitrogen and oxygen atoms in total. The maximum Gasteiger partial charge on any atom is 0.158 e. The first kappa shape index (κ1) is 10.1. The molecule has 0 spiro atoms. The SMILES string of the molecule is N#Cc1ccc(-c2cccnc2)nc1NN. The van der Waals surface area contributed by atoms with Crippen LogP contribution >= 0.6 is 0 Å². The van der Waals surface area contributed by atoms with E-state index in [4.69, 9.17) is 11.1 Å². The van der Waals surface area contributed by atoms with Crippen molar-refractivity contribution in [1.82, 2.24) is 9.97 Å². The number of pyridine rings is 2. The normalized spacial score (nSPS) is 9.50. The Bertz CT molecular complexity index is 530. The van der Waals surface area contributed by atoms with E-state index < -0.39 is 0 Å². The van der Waals surface area contributed by atoms with Gasteiger partial charge in [0.15, 0.2) is 5.82 Å². The van der Waals surface area contributed by atoms with Crippen molar-refractivity contribution in [1.29, 1.82) is 5.26 Å². The fourth-order valence-electron chi connectivity index (χ4n) is 1.33. The van der Waals surface area contributed by atoms with Crippen LogP contribution in [0.4, 0.5) is 5.82 Å². The number of nitrogen functional groups attached to an aromatic ring is 1. The predicted octanol–water partition coefficient (Wildman–Crippen LogP) is 1.30. The fraction of sp³-hybridized carbons (Fsp3) is 0. The van der Waals surface area contributed by atoms with Gasteiger partial charge in [-0.1, -0.05) is 0 Å². The molecular weight excluding hydrogens is 202 g/mol. The summed E-state index contributed by atoms with van der Waals surface area (Å²) in [7, 11) is 0. The van der Waals surface area contributed by atoms with Gasteiger partial charge < -0.3 is 5.43 Å². The van der Waals surface area contributed by atoms with Crippen molar-refractivity contribution in [2.45, 2.75) is 0 Å². The Labute approximate surface area is 92.5 Å². The average molecular weight is 211 g/mol. The van der Waals surface area contributed by atoms with Crippen LogP contribution in [0.25, 0.3) is 11.3 Å². The number of nitrogens with two attached hydrogens (primary N) is 1. The van der Waals surface area contributed by atoms with Gasteiger partial charge in [0.1, 0.15) is 6.07 Å². The predicted molar refractivity (Wildman–Crippen MR) is 60.0 cm³/mol. The summed E-state index contributed by atoms with van der Waals surface area (Å²) < 4.78 is 0. The second kappa shape index (κ2) is 4.38. The van der Waals surface area contributed by atoms with E-state index in [2.05, 4.69) is 15.4 Å². The van der Waals surface area contributed by atoms with E-state index in [9.17, 15) is 0 Å². The molecule has 16 heavy (non-hydrogen) atoms. The first-order chi connectivity index (χ1) is 7.85. The second-order valence-corrected chi connectivity index (χ2v) is 3.09. The molecule has 0 amide bonds. The summed E-state index contributed by atoms with van der Waals surface area (Å²) in [5.74, 6) is 5.66. The molecule has 2 aromatic rings. The highest BCUT2D eigenvalue weighted by atomic mass is 15.2. The van der Waals surface area contributed by atoms with Crippen molar-refractivity contribution in [3.05, 3.63) is 42.2 Å². The van der Waals surface area contributed by atoms with Crippen molar-refractivity contribution in [2.75, 3.05) is 5.43 Å². The Hall–Kier alpha value is -2.45. The Kier molecular flexibility index (Phi) is 2.76. The smallest absolute Gasteiger partial charge is 0.158 e. The standard InChI is InChI=1S/C11H9N5/c12-6-8-3-4-10(15-11(8)16-13)9-2-1-5-14-7-9/h1-5,7H,13H2,(H,15,16). The van der Waals surface area contributed by atoms with Crippen LogP contribution in [0.1, 0.15) is 5.56 Å². The van der Waals surface area contributed by atoms with Crippen LogP contribution in [0, 0.1) is 11.3 Å². The number of hydrogen-bond donors (Lipinski definition) is 2. The number of anilines is 1. The molecule has 0 aliphatic carbocycles. The van der Waals surface area contributed by atoms with Gasteiger partial charge in [0.2, 0.25) is 0 Å². The lowest BCUT2D eigenvalue weighted by molar-refractivity contribution is 1.21. The van der Waals surface area contributed by atoms with Crippen LogP contribution in [0.15, 0.2) is 36.7 Å². The molecule has 2 rings (SSSR count). The topological polar surface area (TPSA) is 87.6 Å². The Morgan fingerprint density at radius 1 is 1.31 bits per heavy atom. The lowest BCUT2D eigenvalue weighted by Gasteiger charge is -2.05. The van der Waals surface area contributed by atoms with E-state index >= 15 is 0 Å². The summed E-state index contributed by atoms with van der Waals surface area (Å²) in [6.45, 7) is 0. The quantitative estimate of drug-likeness (QED) is 0.577. The van der Waals surface area contributed by atoms with Gasteiger partial charge in [-0.15, -0.1) is 0 Å². The summed E-state index contributed by atoms with van der Waals surface area (Å²) in [5, 5.41) is 8.81. The van der Waals surface area contributed by atoms with Gasteiger partial charge in [0.25, 0.3) is 0 Å². The molecule has 3 N–H and O–H groups in total. The number of hydrazine groups is 1. The number of nitrogens with one attached hydrogen (secondary N) is 1. The molecule has 0 saturated heterocycles. The molecule has 0 saturated carbocycles. The van der Waals surface area contributed by atoms with Gasteiger partial charge in [-0.05, 0) is 24.3 Å². The van der Waals surface area contributed by atoms with Crippen LogP contribution in [-0.2, 0) is 0 Å². The molecule has 2 heterocycles. The third-order valence-corrected chi connectivity index (χ3v) is 2.11. The van der Waals surface area contributed by atoms with E-state index in [0.717, 1.165) is 11.3 Å². The van der Waals surface area contributed by atoms with E-state index in [1.165, 1.54) is 0 Å². The average Bonchev–Trinajstić information content (AvgIpc) is 2.39.